The summed E-state index contributed by atoms with van der Waals surface area (Å²) in [6, 6.07) is 12.2. The van der Waals surface area contributed by atoms with E-state index in [9.17, 15) is 9.18 Å². The second-order valence-electron chi connectivity index (χ2n) is 4.78. The van der Waals surface area contributed by atoms with Crippen LogP contribution in [-0.4, -0.2) is 10.9 Å². The molecule has 1 N–H and O–H groups in total. The maximum absolute atomic E-state index is 13.1. The Kier molecular flexibility index (Phi) is 3.66. The van der Waals surface area contributed by atoms with Gasteiger partial charge in [0.25, 0.3) is 0 Å². The minimum Gasteiger partial charge on any atom is -0.302 e. The molecule has 0 saturated heterocycles. The molecule has 0 fully saturated rings. The maximum Gasteiger partial charge on any atom is 0.230 e. The molecule has 0 aliphatic rings. The number of nitrogens with zero attached hydrogens (tertiary/aromatic N) is 1. The van der Waals surface area contributed by atoms with Gasteiger partial charge in [-0.1, -0.05) is 35.6 Å². The van der Waals surface area contributed by atoms with E-state index in [1.807, 2.05) is 31.2 Å². The first-order valence-corrected chi connectivity index (χ1v) is 7.34. The number of halogens is 1. The van der Waals surface area contributed by atoms with E-state index in [-0.39, 0.29) is 11.7 Å². The Labute approximate surface area is 125 Å². The third kappa shape index (κ3) is 3.08. The lowest BCUT2D eigenvalue weighted by atomic mass is 10.1. The number of carbonyl (C=O) groups excluding carboxylic acids is 1. The van der Waals surface area contributed by atoms with Crippen molar-refractivity contribution in [3.05, 3.63) is 59.4 Å². The number of amides is 1. The van der Waals surface area contributed by atoms with Gasteiger partial charge in [0, 0.05) is 0 Å². The minimum absolute atomic E-state index is 0.121. The average molecular weight is 300 g/mol. The Bertz CT molecular complexity index is 813. The lowest BCUT2D eigenvalue weighted by Gasteiger charge is -2.04. The predicted octanol–water partition coefficient (Wildman–Crippen LogP) is 3.93. The quantitative estimate of drug-likeness (QED) is 0.796. The number of anilines is 1. The number of rotatable bonds is 3. The van der Waals surface area contributed by atoms with E-state index in [1.165, 1.54) is 23.5 Å². The van der Waals surface area contributed by atoms with Crippen LogP contribution in [0.1, 0.15) is 11.1 Å². The summed E-state index contributed by atoms with van der Waals surface area (Å²) in [6.07, 6.45) is 0.303. The molecule has 1 aromatic heterocycles. The van der Waals surface area contributed by atoms with Crippen LogP contribution in [0.25, 0.3) is 10.2 Å². The molecule has 0 saturated carbocycles. The van der Waals surface area contributed by atoms with Gasteiger partial charge in [-0.3, -0.25) is 4.79 Å². The minimum atomic E-state index is -0.302. The van der Waals surface area contributed by atoms with Gasteiger partial charge in [-0.15, -0.1) is 0 Å². The number of hydrogen-bond donors (Lipinski definition) is 1. The third-order valence-corrected chi connectivity index (χ3v) is 4.14. The van der Waals surface area contributed by atoms with Crippen LogP contribution in [0.2, 0.25) is 0 Å². The van der Waals surface area contributed by atoms with Gasteiger partial charge in [0.05, 0.1) is 16.6 Å². The van der Waals surface area contributed by atoms with Gasteiger partial charge in [0.1, 0.15) is 5.82 Å². The Morgan fingerprint density at radius 1 is 1.29 bits per heavy atom. The van der Waals surface area contributed by atoms with Gasteiger partial charge in [-0.2, -0.15) is 0 Å². The van der Waals surface area contributed by atoms with Crippen LogP contribution in [0.15, 0.2) is 42.5 Å². The normalized spacial score (nSPS) is 10.8. The van der Waals surface area contributed by atoms with E-state index < -0.39 is 0 Å². The zero-order valence-corrected chi connectivity index (χ0v) is 12.2. The van der Waals surface area contributed by atoms with Gasteiger partial charge in [-0.25, -0.2) is 9.37 Å². The van der Waals surface area contributed by atoms with Crippen LogP contribution in [-0.2, 0) is 11.2 Å². The number of aryl methyl sites for hydroxylation is 1. The van der Waals surface area contributed by atoms with E-state index >= 15 is 0 Å². The van der Waals surface area contributed by atoms with Gasteiger partial charge in [0.2, 0.25) is 5.91 Å². The first kappa shape index (κ1) is 13.7. The van der Waals surface area contributed by atoms with E-state index in [4.69, 9.17) is 0 Å². The monoisotopic (exact) mass is 300 g/mol. The van der Waals surface area contributed by atoms with Gasteiger partial charge >= 0.3 is 0 Å². The molecule has 21 heavy (non-hydrogen) atoms. The van der Waals surface area contributed by atoms with Crippen molar-refractivity contribution in [1.29, 1.82) is 0 Å². The number of benzene rings is 2. The molecule has 0 aliphatic heterocycles. The first-order valence-electron chi connectivity index (χ1n) is 6.52. The molecule has 3 nitrogen and oxygen atoms in total. The largest absolute Gasteiger partial charge is 0.302 e. The van der Waals surface area contributed by atoms with Gasteiger partial charge < -0.3 is 5.32 Å². The van der Waals surface area contributed by atoms with E-state index in [2.05, 4.69) is 10.3 Å². The number of aromatic nitrogens is 1. The van der Waals surface area contributed by atoms with Crippen molar-refractivity contribution in [2.75, 3.05) is 5.32 Å². The topological polar surface area (TPSA) is 42.0 Å². The highest BCUT2D eigenvalue weighted by atomic mass is 32.1. The zero-order valence-electron chi connectivity index (χ0n) is 11.4. The molecule has 106 valence electrons. The van der Waals surface area contributed by atoms with Gasteiger partial charge in [-0.05, 0) is 36.2 Å². The summed E-state index contributed by atoms with van der Waals surface area (Å²) >= 11 is 1.27. The summed E-state index contributed by atoms with van der Waals surface area (Å²) in [7, 11) is 0. The zero-order chi connectivity index (χ0) is 14.8. The molecular weight excluding hydrogens is 287 g/mol. The second kappa shape index (κ2) is 5.61. The molecule has 3 aromatic rings. The van der Waals surface area contributed by atoms with Gasteiger partial charge in [0.15, 0.2) is 5.13 Å². The van der Waals surface area contributed by atoms with Crippen molar-refractivity contribution in [3.8, 4) is 0 Å². The molecule has 1 amide bonds. The molecule has 3 rings (SSSR count). The van der Waals surface area contributed by atoms with Crippen molar-refractivity contribution >= 4 is 32.6 Å². The highest BCUT2D eigenvalue weighted by Gasteiger charge is 2.10. The molecule has 2 aromatic carbocycles. The summed E-state index contributed by atoms with van der Waals surface area (Å²) in [5.41, 5.74) is 2.76. The Morgan fingerprint density at radius 2 is 2.10 bits per heavy atom. The Hall–Kier alpha value is -2.27. The van der Waals surface area contributed by atoms with Crippen LogP contribution in [0, 0.1) is 12.7 Å². The molecule has 0 aliphatic carbocycles. The van der Waals surface area contributed by atoms with Crippen LogP contribution in [0.4, 0.5) is 9.52 Å². The first-order chi connectivity index (χ1) is 10.1. The van der Waals surface area contributed by atoms with Crippen molar-refractivity contribution in [2.45, 2.75) is 13.3 Å². The molecule has 0 atom stereocenters. The standard InChI is InChI=1S/C16H13FN2OS/c1-10-4-2-3-5-11(10)8-15(20)19-16-18-13-7-6-12(17)9-14(13)21-16/h2-7,9H,8H2,1H3,(H,18,19,20). The van der Waals surface area contributed by atoms with Crippen LogP contribution < -0.4 is 5.32 Å². The average Bonchev–Trinajstić information content (AvgIpc) is 2.82. The predicted molar refractivity (Wildman–Crippen MR) is 83.1 cm³/mol. The summed E-state index contributed by atoms with van der Waals surface area (Å²) in [5, 5.41) is 3.27. The number of fused-ring (bicyclic) bond motifs is 1. The molecule has 1 heterocycles. The molecule has 0 bridgehead atoms. The number of thiazole rings is 1. The molecule has 5 heteroatoms. The number of hydrogen-bond acceptors (Lipinski definition) is 3. The summed E-state index contributed by atoms with van der Waals surface area (Å²) in [5.74, 6) is -0.423. The SMILES string of the molecule is Cc1ccccc1CC(=O)Nc1nc2ccc(F)cc2s1. The van der Waals surface area contributed by atoms with Crippen molar-refractivity contribution in [3.63, 3.8) is 0 Å². The fourth-order valence-corrected chi connectivity index (χ4v) is 3.00. The second-order valence-corrected chi connectivity index (χ2v) is 5.81. The molecular formula is C16H13FN2OS. The highest BCUT2D eigenvalue weighted by molar-refractivity contribution is 7.22. The molecule has 0 unspecified atom stereocenters. The Balaban J connectivity index is 1.75. The van der Waals surface area contributed by atoms with E-state index in [0.717, 1.165) is 15.8 Å². The smallest absolute Gasteiger partial charge is 0.230 e. The molecule has 0 spiro atoms. The number of carbonyl (C=O) groups is 1. The van der Waals surface area contributed by atoms with Crippen LogP contribution >= 0.6 is 11.3 Å². The van der Waals surface area contributed by atoms with E-state index in [1.54, 1.807) is 6.07 Å². The summed E-state index contributed by atoms with van der Waals surface area (Å²) < 4.78 is 13.9. The lowest BCUT2D eigenvalue weighted by Crippen LogP contribution is -2.14. The Morgan fingerprint density at radius 3 is 2.90 bits per heavy atom. The van der Waals surface area contributed by atoms with Crippen LogP contribution in [0.3, 0.4) is 0 Å². The fraction of sp³-hybridized carbons (Fsp3) is 0.125. The van der Waals surface area contributed by atoms with Crippen molar-refractivity contribution < 1.29 is 9.18 Å². The maximum atomic E-state index is 13.1. The number of nitrogens with one attached hydrogen (secondary N) is 1. The summed E-state index contributed by atoms with van der Waals surface area (Å²) in [4.78, 5) is 16.3. The van der Waals surface area contributed by atoms with Crippen molar-refractivity contribution in [1.82, 2.24) is 4.98 Å². The summed E-state index contributed by atoms with van der Waals surface area (Å²) in [6.45, 7) is 1.98. The van der Waals surface area contributed by atoms with Crippen molar-refractivity contribution in [2.24, 2.45) is 0 Å². The highest BCUT2D eigenvalue weighted by Crippen LogP contribution is 2.26. The molecule has 0 radical (unpaired) electrons. The fourth-order valence-electron chi connectivity index (χ4n) is 2.10. The van der Waals surface area contributed by atoms with Crippen LogP contribution in [0.5, 0.6) is 0 Å². The lowest BCUT2D eigenvalue weighted by molar-refractivity contribution is -0.115. The van der Waals surface area contributed by atoms with E-state index in [0.29, 0.717) is 17.1 Å². The third-order valence-electron chi connectivity index (χ3n) is 3.21.